The van der Waals surface area contributed by atoms with E-state index in [1.165, 1.54) is 12.4 Å². The summed E-state index contributed by atoms with van der Waals surface area (Å²) in [5.41, 5.74) is 6.88. The van der Waals surface area contributed by atoms with Crippen molar-refractivity contribution in [3.05, 3.63) is 51.7 Å². The molecule has 0 aliphatic carbocycles. The Labute approximate surface area is 117 Å². The first-order chi connectivity index (χ1) is 8.58. The van der Waals surface area contributed by atoms with E-state index in [0.29, 0.717) is 22.0 Å². The summed E-state index contributed by atoms with van der Waals surface area (Å²) in [7, 11) is 0. The molecule has 1 amide bonds. The number of pyridine rings is 1. The van der Waals surface area contributed by atoms with Gasteiger partial charge in [0.1, 0.15) is 0 Å². The molecular formula is C12H9BrClN3O. The van der Waals surface area contributed by atoms with Gasteiger partial charge in [0, 0.05) is 10.7 Å². The molecule has 0 saturated heterocycles. The number of benzene rings is 1. The quantitative estimate of drug-likeness (QED) is 0.889. The van der Waals surface area contributed by atoms with Gasteiger partial charge in [-0.2, -0.15) is 0 Å². The molecule has 92 valence electrons. The number of carbonyl (C=O) groups excluding carboxylic acids is 1. The van der Waals surface area contributed by atoms with Crippen molar-refractivity contribution in [1.29, 1.82) is 0 Å². The number of hydrogen-bond acceptors (Lipinski definition) is 3. The summed E-state index contributed by atoms with van der Waals surface area (Å²) in [6.07, 6.45) is 2.94. The van der Waals surface area contributed by atoms with Gasteiger partial charge in [0.25, 0.3) is 5.91 Å². The highest BCUT2D eigenvalue weighted by molar-refractivity contribution is 9.10. The Morgan fingerprint density at radius 3 is 2.89 bits per heavy atom. The third-order valence-electron chi connectivity index (χ3n) is 2.27. The minimum absolute atomic E-state index is 0.320. The number of aromatic nitrogens is 1. The molecule has 18 heavy (non-hydrogen) atoms. The first kappa shape index (κ1) is 12.9. The molecule has 0 spiro atoms. The van der Waals surface area contributed by atoms with E-state index in [1.807, 2.05) is 0 Å². The van der Waals surface area contributed by atoms with Crippen molar-refractivity contribution in [2.45, 2.75) is 0 Å². The van der Waals surface area contributed by atoms with Gasteiger partial charge in [-0.15, -0.1) is 0 Å². The maximum Gasteiger partial charge on any atom is 0.257 e. The van der Waals surface area contributed by atoms with Gasteiger partial charge < -0.3 is 11.1 Å². The summed E-state index contributed by atoms with van der Waals surface area (Å²) < 4.78 is 0.824. The Bertz CT molecular complexity index is 604. The lowest BCUT2D eigenvalue weighted by Crippen LogP contribution is -2.14. The standard InChI is InChI=1S/C12H9BrClN3O/c13-7-1-2-9(14)11(5-7)17-12(18)8-3-4-16-6-10(8)15/h1-6H,15H2,(H,17,18). The second-order valence-electron chi connectivity index (χ2n) is 3.54. The first-order valence-electron chi connectivity index (χ1n) is 5.04. The zero-order chi connectivity index (χ0) is 13.1. The van der Waals surface area contributed by atoms with Gasteiger partial charge in [0.15, 0.2) is 0 Å². The molecule has 0 fully saturated rings. The van der Waals surface area contributed by atoms with Crippen LogP contribution in [0, 0.1) is 0 Å². The van der Waals surface area contributed by atoms with E-state index in [-0.39, 0.29) is 5.91 Å². The van der Waals surface area contributed by atoms with Crippen molar-refractivity contribution in [2.24, 2.45) is 0 Å². The zero-order valence-electron chi connectivity index (χ0n) is 9.15. The van der Waals surface area contributed by atoms with Crippen molar-refractivity contribution in [3.63, 3.8) is 0 Å². The average Bonchev–Trinajstić information content (AvgIpc) is 2.34. The molecule has 4 nitrogen and oxygen atoms in total. The van der Waals surface area contributed by atoms with Crippen molar-refractivity contribution < 1.29 is 4.79 Å². The number of nitrogen functional groups attached to an aromatic ring is 1. The Balaban J connectivity index is 2.27. The summed E-state index contributed by atoms with van der Waals surface area (Å²) in [4.78, 5) is 15.8. The Morgan fingerprint density at radius 2 is 2.17 bits per heavy atom. The van der Waals surface area contributed by atoms with Gasteiger partial charge in [0.05, 0.1) is 28.2 Å². The Morgan fingerprint density at radius 1 is 1.39 bits per heavy atom. The van der Waals surface area contributed by atoms with Crippen LogP contribution in [0.25, 0.3) is 0 Å². The van der Waals surface area contributed by atoms with Gasteiger partial charge >= 0.3 is 0 Å². The largest absolute Gasteiger partial charge is 0.397 e. The van der Waals surface area contributed by atoms with Crippen molar-refractivity contribution in [2.75, 3.05) is 11.1 Å². The summed E-state index contributed by atoms with van der Waals surface area (Å²) in [6.45, 7) is 0. The molecule has 0 aliphatic rings. The maximum atomic E-state index is 12.0. The number of nitrogens with two attached hydrogens (primary N) is 1. The Hall–Kier alpha value is -1.59. The molecule has 6 heteroatoms. The SMILES string of the molecule is Nc1cnccc1C(=O)Nc1cc(Br)ccc1Cl. The number of carbonyl (C=O) groups is 1. The number of nitrogens with one attached hydrogen (secondary N) is 1. The highest BCUT2D eigenvalue weighted by Crippen LogP contribution is 2.26. The zero-order valence-corrected chi connectivity index (χ0v) is 11.5. The van der Waals surface area contributed by atoms with Crippen molar-refractivity contribution in [3.8, 4) is 0 Å². The number of anilines is 2. The first-order valence-corrected chi connectivity index (χ1v) is 6.21. The van der Waals surface area contributed by atoms with E-state index < -0.39 is 0 Å². The van der Waals surface area contributed by atoms with E-state index >= 15 is 0 Å². The van der Waals surface area contributed by atoms with Crippen LogP contribution >= 0.6 is 27.5 Å². The summed E-state index contributed by atoms with van der Waals surface area (Å²) in [5.74, 6) is -0.324. The smallest absolute Gasteiger partial charge is 0.257 e. The highest BCUT2D eigenvalue weighted by atomic mass is 79.9. The summed E-state index contributed by atoms with van der Waals surface area (Å²) >= 11 is 9.30. The monoisotopic (exact) mass is 325 g/mol. The number of hydrogen-bond donors (Lipinski definition) is 2. The molecule has 0 unspecified atom stereocenters. The number of halogens is 2. The molecule has 1 heterocycles. The topological polar surface area (TPSA) is 68.0 Å². The van der Waals surface area contributed by atoms with E-state index in [0.717, 1.165) is 4.47 Å². The molecule has 1 aromatic heterocycles. The fourth-order valence-electron chi connectivity index (χ4n) is 1.40. The van der Waals surface area contributed by atoms with Gasteiger partial charge in [0.2, 0.25) is 0 Å². The van der Waals surface area contributed by atoms with Crippen LogP contribution in [0.4, 0.5) is 11.4 Å². The second-order valence-corrected chi connectivity index (χ2v) is 4.86. The van der Waals surface area contributed by atoms with Crippen LogP contribution in [-0.2, 0) is 0 Å². The predicted octanol–water partition coefficient (Wildman–Crippen LogP) is 3.33. The normalized spacial score (nSPS) is 10.1. The van der Waals surface area contributed by atoms with Gasteiger partial charge in [-0.05, 0) is 24.3 Å². The maximum absolute atomic E-state index is 12.0. The fraction of sp³-hybridized carbons (Fsp3) is 0. The third-order valence-corrected chi connectivity index (χ3v) is 3.10. The summed E-state index contributed by atoms with van der Waals surface area (Å²) in [5, 5.41) is 3.16. The van der Waals surface area contributed by atoms with Crippen LogP contribution in [0.2, 0.25) is 5.02 Å². The predicted molar refractivity (Wildman–Crippen MR) is 75.8 cm³/mol. The number of rotatable bonds is 2. The van der Waals surface area contributed by atoms with Crippen molar-refractivity contribution in [1.82, 2.24) is 4.98 Å². The molecular weight excluding hydrogens is 318 g/mol. The fourth-order valence-corrected chi connectivity index (χ4v) is 1.92. The van der Waals surface area contributed by atoms with Crippen LogP contribution in [0.15, 0.2) is 41.1 Å². The number of nitrogens with zero attached hydrogens (tertiary/aromatic N) is 1. The molecule has 0 aliphatic heterocycles. The lowest BCUT2D eigenvalue weighted by Gasteiger charge is -2.09. The van der Waals surface area contributed by atoms with Crippen LogP contribution in [0.1, 0.15) is 10.4 Å². The molecule has 0 radical (unpaired) electrons. The van der Waals surface area contributed by atoms with Crippen LogP contribution in [0.5, 0.6) is 0 Å². The van der Waals surface area contributed by atoms with Crippen LogP contribution in [0.3, 0.4) is 0 Å². The molecule has 0 saturated carbocycles. The molecule has 2 aromatic rings. The second kappa shape index (κ2) is 5.37. The van der Waals surface area contributed by atoms with E-state index in [4.69, 9.17) is 17.3 Å². The van der Waals surface area contributed by atoms with E-state index in [1.54, 1.807) is 24.3 Å². The Kier molecular flexibility index (Phi) is 3.84. The third kappa shape index (κ3) is 2.80. The van der Waals surface area contributed by atoms with E-state index in [9.17, 15) is 4.79 Å². The number of amides is 1. The highest BCUT2D eigenvalue weighted by Gasteiger charge is 2.11. The minimum Gasteiger partial charge on any atom is -0.397 e. The molecule has 0 atom stereocenters. The van der Waals surface area contributed by atoms with Crippen LogP contribution < -0.4 is 11.1 Å². The molecule has 2 rings (SSSR count). The van der Waals surface area contributed by atoms with Gasteiger partial charge in [-0.25, -0.2) is 0 Å². The lowest BCUT2D eigenvalue weighted by atomic mass is 10.2. The van der Waals surface area contributed by atoms with Crippen LogP contribution in [-0.4, -0.2) is 10.9 Å². The van der Waals surface area contributed by atoms with Crippen molar-refractivity contribution >= 4 is 44.8 Å². The summed E-state index contributed by atoms with van der Waals surface area (Å²) in [6, 6.07) is 6.75. The van der Waals surface area contributed by atoms with Gasteiger partial charge in [-0.1, -0.05) is 27.5 Å². The molecule has 1 aromatic carbocycles. The average molecular weight is 327 g/mol. The molecule has 3 N–H and O–H groups in total. The van der Waals surface area contributed by atoms with E-state index in [2.05, 4.69) is 26.2 Å². The minimum atomic E-state index is -0.324. The lowest BCUT2D eigenvalue weighted by molar-refractivity contribution is 0.102. The van der Waals surface area contributed by atoms with Gasteiger partial charge in [-0.3, -0.25) is 9.78 Å². The molecule has 0 bridgehead atoms.